The number of aromatic hydroxyl groups is 2. The summed E-state index contributed by atoms with van der Waals surface area (Å²) in [7, 11) is 1.39. The van der Waals surface area contributed by atoms with Crippen LogP contribution in [0, 0.1) is 0 Å². The maximum Gasteiger partial charge on any atom is 0.261 e. The molecule has 1 aliphatic heterocycles. The van der Waals surface area contributed by atoms with Gasteiger partial charge in [0.25, 0.3) is 17.7 Å². The van der Waals surface area contributed by atoms with Gasteiger partial charge in [-0.2, -0.15) is 10.2 Å². The highest BCUT2D eigenvalue weighted by Gasteiger charge is 2.32. The number of nitrogens with zero attached hydrogens (tertiary/aromatic N) is 5. The van der Waals surface area contributed by atoms with Gasteiger partial charge in [0.1, 0.15) is 17.1 Å². The number of benzene rings is 7. The Hall–Kier alpha value is -7.57. The predicted octanol–water partition coefficient (Wildman–Crippen LogP) is 10.6. The van der Waals surface area contributed by atoms with Gasteiger partial charge < -0.3 is 15.5 Å². The Morgan fingerprint density at radius 3 is 1.96 bits per heavy atom. The molecule has 3 N–H and O–H groups in total. The Labute approximate surface area is 322 Å². The van der Waals surface area contributed by atoms with E-state index in [2.05, 4.69) is 25.8 Å². The maximum atomic E-state index is 13.7. The largest absolute Gasteiger partial charge is 0.506 e. The van der Waals surface area contributed by atoms with Crippen LogP contribution >= 0.6 is 11.6 Å². The van der Waals surface area contributed by atoms with Crippen molar-refractivity contribution in [3.63, 3.8) is 0 Å². The van der Waals surface area contributed by atoms with E-state index < -0.39 is 17.7 Å². The van der Waals surface area contributed by atoms with Gasteiger partial charge in [-0.25, -0.2) is 0 Å². The number of carbonyl (C=O) groups excluding carboxylic acids is 4. The average Bonchev–Trinajstić information content (AvgIpc) is 3.48. The number of rotatable bonds is 6. The quantitative estimate of drug-likeness (QED) is 0.112. The van der Waals surface area contributed by atoms with Crippen molar-refractivity contribution in [2.75, 3.05) is 12.4 Å². The first-order valence-corrected chi connectivity index (χ1v) is 17.5. The molecule has 9 rings (SSSR count). The third-order valence-corrected chi connectivity index (χ3v) is 10.2. The lowest BCUT2D eigenvalue weighted by atomic mass is 9.93. The van der Waals surface area contributed by atoms with Gasteiger partial charge in [0.15, 0.2) is 11.5 Å². The van der Waals surface area contributed by atoms with Gasteiger partial charge in [0.05, 0.1) is 33.2 Å². The number of ketones is 1. The molecule has 7 aromatic carbocycles. The van der Waals surface area contributed by atoms with E-state index in [0.717, 1.165) is 4.90 Å². The van der Waals surface area contributed by atoms with Crippen molar-refractivity contribution < 1.29 is 29.4 Å². The second-order valence-electron chi connectivity index (χ2n) is 13.2. The van der Waals surface area contributed by atoms with Crippen molar-refractivity contribution in [1.82, 2.24) is 4.90 Å². The molecule has 270 valence electrons. The highest BCUT2D eigenvalue weighted by atomic mass is 35.5. The van der Waals surface area contributed by atoms with Gasteiger partial charge in [-0.3, -0.25) is 24.1 Å². The Kier molecular flexibility index (Phi) is 7.99. The number of azo groups is 2. The van der Waals surface area contributed by atoms with Crippen LogP contribution in [0.15, 0.2) is 136 Å². The van der Waals surface area contributed by atoms with Crippen LogP contribution in [-0.4, -0.2) is 45.7 Å². The summed E-state index contributed by atoms with van der Waals surface area (Å²) < 4.78 is 0. The van der Waals surface area contributed by atoms with Gasteiger partial charge in [0.2, 0.25) is 0 Å². The second-order valence-corrected chi connectivity index (χ2v) is 13.6. The van der Waals surface area contributed by atoms with Crippen molar-refractivity contribution in [2.24, 2.45) is 20.5 Å². The number of anilines is 1. The Balaban J connectivity index is 1.01. The third-order valence-electron chi connectivity index (χ3n) is 9.86. The fraction of sp³-hybridized carbons (Fsp3) is 0.0233. The predicted molar refractivity (Wildman–Crippen MR) is 211 cm³/mol. The molecule has 0 saturated carbocycles. The van der Waals surface area contributed by atoms with Crippen molar-refractivity contribution in [2.45, 2.75) is 0 Å². The standard InChI is InChI=1S/C43H25ClN6O6/c1-50-42(55)28-10-6-9-27-36(28)31(43(50)56)20-35(51)37(27)48-46-22-13-15-25-26-16-14-23(19-30(26)39(52)29(25)18-22)47-49-38-24-8-3-2-7-21(24)17-32(40(38)53)41(54)45-34-12-5-4-11-33(34)44/h2-20,51,53H,1H3,(H,45,54). The number of amides is 3. The Morgan fingerprint density at radius 2 is 1.25 bits per heavy atom. The molecular formula is C43H25ClN6O6. The molecule has 12 nitrogen and oxygen atoms in total. The first kappa shape index (κ1) is 34.2. The molecule has 56 heavy (non-hydrogen) atoms. The van der Waals surface area contributed by atoms with E-state index in [1.165, 1.54) is 13.1 Å². The van der Waals surface area contributed by atoms with Crippen LogP contribution in [0.1, 0.15) is 47.0 Å². The van der Waals surface area contributed by atoms with E-state index in [4.69, 9.17) is 11.6 Å². The highest BCUT2D eigenvalue weighted by Crippen LogP contribution is 2.45. The summed E-state index contributed by atoms with van der Waals surface area (Å²) in [6.07, 6.45) is 0. The zero-order chi connectivity index (χ0) is 38.8. The van der Waals surface area contributed by atoms with Crippen molar-refractivity contribution >= 4 is 85.1 Å². The van der Waals surface area contributed by atoms with Gasteiger partial charge in [-0.1, -0.05) is 72.3 Å². The van der Waals surface area contributed by atoms with Gasteiger partial charge in [-0.15, -0.1) is 10.2 Å². The molecule has 3 amide bonds. The fourth-order valence-electron chi connectivity index (χ4n) is 7.10. The van der Waals surface area contributed by atoms with Crippen LogP contribution < -0.4 is 5.32 Å². The number of imide groups is 1. The minimum Gasteiger partial charge on any atom is -0.506 e. The van der Waals surface area contributed by atoms with E-state index in [9.17, 15) is 29.4 Å². The molecule has 0 radical (unpaired) electrons. The summed E-state index contributed by atoms with van der Waals surface area (Å²) in [6, 6.07) is 31.7. The normalized spacial score (nSPS) is 13.3. The number of carbonyl (C=O) groups is 4. The molecule has 0 atom stereocenters. The lowest BCUT2D eigenvalue weighted by Crippen LogP contribution is -2.36. The smallest absolute Gasteiger partial charge is 0.261 e. The van der Waals surface area contributed by atoms with Crippen LogP contribution in [0.4, 0.5) is 28.4 Å². The van der Waals surface area contributed by atoms with E-state index in [-0.39, 0.29) is 39.8 Å². The lowest BCUT2D eigenvalue weighted by molar-refractivity contribution is 0.0649. The van der Waals surface area contributed by atoms with E-state index in [1.54, 1.807) is 109 Å². The highest BCUT2D eigenvalue weighted by molar-refractivity contribution is 6.34. The van der Waals surface area contributed by atoms with Crippen LogP contribution in [0.3, 0.4) is 0 Å². The Morgan fingerprint density at radius 1 is 0.625 bits per heavy atom. The summed E-state index contributed by atoms with van der Waals surface area (Å²) in [5.74, 6) is -2.52. The Bertz CT molecular complexity index is 3000. The molecule has 0 fully saturated rings. The first-order valence-electron chi connectivity index (χ1n) is 17.2. The molecule has 7 aromatic rings. The SMILES string of the molecule is CN1C(=O)c2cccc3c(N=Nc4ccc5c(c4)C(=O)c4cc(N=Nc6c(O)c(C(=O)Nc7ccccc7Cl)cc7ccccc67)ccc4-5)c(O)cc(c23)C1=O. The van der Waals surface area contributed by atoms with E-state index in [1.807, 2.05) is 0 Å². The van der Waals surface area contributed by atoms with Crippen molar-refractivity contribution in [1.29, 1.82) is 0 Å². The van der Waals surface area contributed by atoms with Crippen molar-refractivity contribution in [3.8, 4) is 22.6 Å². The number of para-hydroxylation sites is 1. The number of halogens is 1. The third kappa shape index (κ3) is 5.46. The lowest BCUT2D eigenvalue weighted by Gasteiger charge is -2.24. The number of phenols is 2. The van der Waals surface area contributed by atoms with E-state index in [0.29, 0.717) is 71.4 Å². The zero-order valence-corrected chi connectivity index (χ0v) is 29.9. The van der Waals surface area contributed by atoms with Crippen LogP contribution in [-0.2, 0) is 0 Å². The molecular weight excluding hydrogens is 732 g/mol. The number of phenolic OH excluding ortho intramolecular Hbond substituents is 2. The number of fused-ring (bicyclic) bond motifs is 4. The summed E-state index contributed by atoms with van der Waals surface area (Å²) >= 11 is 6.24. The molecule has 0 saturated heterocycles. The molecule has 2 aliphatic rings. The topological polar surface area (TPSA) is 173 Å². The minimum atomic E-state index is -0.587. The van der Waals surface area contributed by atoms with Crippen LogP contribution in [0.2, 0.25) is 5.02 Å². The number of nitrogens with one attached hydrogen (secondary N) is 1. The zero-order valence-electron chi connectivity index (χ0n) is 29.1. The molecule has 1 aliphatic carbocycles. The summed E-state index contributed by atoms with van der Waals surface area (Å²) in [5, 5.41) is 44.6. The molecule has 0 aromatic heterocycles. The van der Waals surface area contributed by atoms with E-state index >= 15 is 0 Å². The van der Waals surface area contributed by atoms with Gasteiger partial charge >= 0.3 is 0 Å². The molecule has 0 unspecified atom stereocenters. The molecule has 0 bridgehead atoms. The fourth-order valence-corrected chi connectivity index (χ4v) is 7.28. The van der Waals surface area contributed by atoms with Crippen LogP contribution in [0.5, 0.6) is 11.5 Å². The second kappa shape index (κ2) is 13.1. The summed E-state index contributed by atoms with van der Waals surface area (Å²) in [5.41, 5.74) is 3.79. The molecule has 0 spiro atoms. The monoisotopic (exact) mass is 756 g/mol. The van der Waals surface area contributed by atoms with Crippen LogP contribution in [0.25, 0.3) is 32.7 Å². The van der Waals surface area contributed by atoms with Crippen molar-refractivity contribution in [3.05, 3.63) is 148 Å². The van der Waals surface area contributed by atoms with Gasteiger partial charge in [0, 0.05) is 39.9 Å². The van der Waals surface area contributed by atoms with Gasteiger partial charge in [-0.05, 0) is 71.1 Å². The molecule has 1 heterocycles. The number of hydrogen-bond donors (Lipinski definition) is 3. The minimum absolute atomic E-state index is 0.0255. The summed E-state index contributed by atoms with van der Waals surface area (Å²) in [6.45, 7) is 0. The average molecular weight is 757 g/mol. The summed E-state index contributed by atoms with van der Waals surface area (Å²) in [4.78, 5) is 53.7. The first-order chi connectivity index (χ1) is 27.1. The maximum absolute atomic E-state index is 13.7. The molecule has 13 heteroatoms. The number of hydrogen-bond acceptors (Lipinski definition) is 10.